The molecule has 0 aliphatic heterocycles. The fraction of sp³-hybridized carbons (Fsp3) is 0. The Bertz CT molecular complexity index is 3030. The standard InChI is InChI=1S/C50H32N2O/c1-3-13-33(14-4-1)37-29-38(34-15-5-2-6-16-34)31-40(30-37)52-47-22-12-9-19-43(47)49-44-28-25-36(32-48(44)53-50(49)52)35-23-26-39(27-24-35)51-45-20-10-7-17-41(45)42-18-8-11-21-46(42)51/h1-32H. The van der Waals surface area contributed by atoms with Gasteiger partial charge in [0, 0.05) is 27.2 Å². The van der Waals surface area contributed by atoms with E-state index in [1.165, 1.54) is 38.3 Å². The van der Waals surface area contributed by atoms with Gasteiger partial charge in [0.15, 0.2) is 0 Å². The highest BCUT2D eigenvalue weighted by Crippen LogP contribution is 2.42. The van der Waals surface area contributed by atoms with Crippen molar-refractivity contribution in [2.75, 3.05) is 0 Å². The fourth-order valence-corrected chi connectivity index (χ4v) is 8.27. The second-order valence-corrected chi connectivity index (χ2v) is 13.8. The van der Waals surface area contributed by atoms with Crippen LogP contribution in [-0.4, -0.2) is 9.13 Å². The summed E-state index contributed by atoms with van der Waals surface area (Å²) in [7, 11) is 0. The van der Waals surface area contributed by atoms with Crippen LogP contribution in [-0.2, 0) is 0 Å². The van der Waals surface area contributed by atoms with Crippen LogP contribution in [0.5, 0.6) is 0 Å². The lowest BCUT2D eigenvalue weighted by Crippen LogP contribution is -1.95. The number of aromatic nitrogens is 2. The minimum Gasteiger partial charge on any atom is -0.439 e. The van der Waals surface area contributed by atoms with Gasteiger partial charge in [-0.3, -0.25) is 4.57 Å². The summed E-state index contributed by atoms with van der Waals surface area (Å²) in [5.41, 5.74) is 14.4. The van der Waals surface area contributed by atoms with E-state index in [4.69, 9.17) is 4.42 Å². The largest absolute Gasteiger partial charge is 0.439 e. The van der Waals surface area contributed by atoms with E-state index in [0.717, 1.165) is 61.2 Å². The Balaban J connectivity index is 1.06. The average molecular weight is 677 g/mol. The Hall–Kier alpha value is -7.10. The Morgan fingerprint density at radius 2 is 0.792 bits per heavy atom. The molecule has 0 atom stereocenters. The molecule has 0 saturated carbocycles. The quantitative estimate of drug-likeness (QED) is 0.178. The molecule has 0 radical (unpaired) electrons. The molecular formula is C50H32N2O. The number of hydrogen-bond acceptors (Lipinski definition) is 1. The van der Waals surface area contributed by atoms with E-state index in [2.05, 4.69) is 203 Å². The topological polar surface area (TPSA) is 23.0 Å². The zero-order valence-electron chi connectivity index (χ0n) is 28.8. The molecule has 0 spiro atoms. The van der Waals surface area contributed by atoms with E-state index in [9.17, 15) is 0 Å². The molecule has 3 heterocycles. The molecule has 0 bridgehead atoms. The zero-order valence-corrected chi connectivity index (χ0v) is 28.8. The number of hydrogen-bond donors (Lipinski definition) is 0. The first-order valence-electron chi connectivity index (χ1n) is 18.1. The van der Waals surface area contributed by atoms with Crippen LogP contribution in [0.1, 0.15) is 0 Å². The molecule has 0 fully saturated rings. The maximum absolute atomic E-state index is 6.91. The highest BCUT2D eigenvalue weighted by molar-refractivity contribution is 6.20. The van der Waals surface area contributed by atoms with Crippen molar-refractivity contribution in [2.45, 2.75) is 0 Å². The second kappa shape index (κ2) is 11.7. The van der Waals surface area contributed by atoms with Crippen LogP contribution in [0.3, 0.4) is 0 Å². The van der Waals surface area contributed by atoms with Gasteiger partial charge in [0.2, 0.25) is 5.71 Å². The Morgan fingerprint density at radius 1 is 0.302 bits per heavy atom. The van der Waals surface area contributed by atoms with Crippen molar-refractivity contribution in [2.24, 2.45) is 0 Å². The van der Waals surface area contributed by atoms with Crippen LogP contribution in [0.15, 0.2) is 199 Å². The van der Waals surface area contributed by atoms with Gasteiger partial charge in [-0.25, -0.2) is 0 Å². The fourth-order valence-electron chi connectivity index (χ4n) is 8.27. The molecule has 0 aliphatic carbocycles. The third-order valence-corrected chi connectivity index (χ3v) is 10.7. The van der Waals surface area contributed by atoms with Gasteiger partial charge in [-0.15, -0.1) is 0 Å². The first-order chi connectivity index (χ1) is 26.3. The maximum atomic E-state index is 6.91. The van der Waals surface area contributed by atoms with Crippen LogP contribution < -0.4 is 0 Å². The summed E-state index contributed by atoms with van der Waals surface area (Å²) in [4.78, 5) is 0. The van der Waals surface area contributed by atoms with Crippen molar-refractivity contribution in [3.05, 3.63) is 194 Å². The Kier molecular flexibility index (Phi) is 6.55. The van der Waals surface area contributed by atoms with Gasteiger partial charge in [-0.1, -0.05) is 133 Å². The van der Waals surface area contributed by atoms with E-state index in [0.29, 0.717) is 0 Å². The molecule has 0 N–H and O–H groups in total. The van der Waals surface area contributed by atoms with Gasteiger partial charge >= 0.3 is 0 Å². The molecule has 8 aromatic carbocycles. The minimum atomic E-state index is 0.851. The molecule has 53 heavy (non-hydrogen) atoms. The van der Waals surface area contributed by atoms with E-state index < -0.39 is 0 Å². The lowest BCUT2D eigenvalue weighted by Gasteiger charge is -2.13. The molecule has 3 aromatic heterocycles. The molecule has 3 heteroatoms. The molecule has 0 aliphatic rings. The molecule has 0 unspecified atom stereocenters. The lowest BCUT2D eigenvalue weighted by molar-refractivity contribution is 0.645. The van der Waals surface area contributed by atoms with Gasteiger partial charge < -0.3 is 8.98 Å². The molecule has 248 valence electrons. The highest BCUT2D eigenvalue weighted by Gasteiger charge is 2.21. The highest BCUT2D eigenvalue weighted by atomic mass is 16.3. The van der Waals surface area contributed by atoms with E-state index in [-0.39, 0.29) is 0 Å². The summed E-state index contributed by atoms with van der Waals surface area (Å²) in [5.74, 6) is 0. The predicted molar refractivity (Wildman–Crippen MR) is 221 cm³/mol. The van der Waals surface area contributed by atoms with Gasteiger partial charge in [0.1, 0.15) is 5.58 Å². The van der Waals surface area contributed by atoms with Crippen molar-refractivity contribution < 1.29 is 4.42 Å². The Labute approximate surface area is 306 Å². The van der Waals surface area contributed by atoms with Crippen molar-refractivity contribution in [1.82, 2.24) is 9.13 Å². The maximum Gasteiger partial charge on any atom is 0.213 e. The van der Waals surface area contributed by atoms with Crippen LogP contribution in [0.4, 0.5) is 0 Å². The van der Waals surface area contributed by atoms with Crippen LogP contribution in [0, 0.1) is 0 Å². The van der Waals surface area contributed by atoms with Gasteiger partial charge in [-0.2, -0.15) is 0 Å². The smallest absolute Gasteiger partial charge is 0.213 e. The van der Waals surface area contributed by atoms with E-state index in [1.807, 2.05) is 0 Å². The van der Waals surface area contributed by atoms with Gasteiger partial charge in [0.05, 0.1) is 27.6 Å². The normalized spacial score (nSPS) is 11.8. The van der Waals surface area contributed by atoms with Crippen LogP contribution in [0.2, 0.25) is 0 Å². The number of furan rings is 1. The SMILES string of the molecule is c1ccc(-c2cc(-c3ccccc3)cc(-n3c4ccccc4c4c5ccc(-c6ccc(-n7c8ccccc8c8ccccc87)cc6)cc5oc43)c2)cc1. The summed E-state index contributed by atoms with van der Waals surface area (Å²) in [6.45, 7) is 0. The first-order valence-corrected chi connectivity index (χ1v) is 18.1. The molecule has 0 amide bonds. The average Bonchev–Trinajstić information content (AvgIpc) is 3.88. The summed E-state index contributed by atoms with van der Waals surface area (Å²) >= 11 is 0. The molecule has 0 saturated heterocycles. The molecule has 11 rings (SSSR count). The molecule has 11 aromatic rings. The minimum absolute atomic E-state index is 0.851. The van der Waals surface area contributed by atoms with E-state index in [1.54, 1.807) is 0 Å². The summed E-state index contributed by atoms with van der Waals surface area (Å²) in [5, 5.41) is 5.96. The third-order valence-electron chi connectivity index (χ3n) is 10.7. The lowest BCUT2D eigenvalue weighted by atomic mass is 9.98. The zero-order chi connectivity index (χ0) is 34.9. The van der Waals surface area contributed by atoms with Crippen molar-refractivity contribution >= 4 is 54.8 Å². The number of benzene rings is 8. The predicted octanol–water partition coefficient (Wildman–Crippen LogP) is 13.6. The number of rotatable bonds is 5. The molecule has 3 nitrogen and oxygen atoms in total. The van der Waals surface area contributed by atoms with Crippen molar-refractivity contribution in [3.8, 4) is 44.8 Å². The van der Waals surface area contributed by atoms with Crippen LogP contribution in [0.25, 0.3) is 99.5 Å². The Morgan fingerprint density at radius 3 is 1.40 bits per heavy atom. The van der Waals surface area contributed by atoms with Gasteiger partial charge in [-0.05, 0) is 94.0 Å². The summed E-state index contributed by atoms with van der Waals surface area (Å²) in [6.07, 6.45) is 0. The van der Waals surface area contributed by atoms with Crippen molar-refractivity contribution in [1.29, 1.82) is 0 Å². The first kappa shape index (κ1) is 29.6. The summed E-state index contributed by atoms with van der Waals surface area (Å²) in [6, 6.07) is 69.5. The third kappa shape index (κ3) is 4.68. The second-order valence-electron chi connectivity index (χ2n) is 13.8. The van der Waals surface area contributed by atoms with Crippen LogP contribution >= 0.6 is 0 Å². The number of fused-ring (bicyclic) bond motifs is 8. The van der Waals surface area contributed by atoms with Gasteiger partial charge in [0.25, 0.3) is 0 Å². The summed E-state index contributed by atoms with van der Waals surface area (Å²) < 4.78 is 11.6. The number of para-hydroxylation sites is 3. The monoisotopic (exact) mass is 676 g/mol. The molecular weight excluding hydrogens is 645 g/mol. The van der Waals surface area contributed by atoms with Crippen molar-refractivity contribution in [3.63, 3.8) is 0 Å². The number of nitrogens with zero attached hydrogens (tertiary/aromatic N) is 2. The van der Waals surface area contributed by atoms with E-state index >= 15 is 0 Å².